The van der Waals surface area contributed by atoms with Crippen molar-refractivity contribution < 1.29 is 19.2 Å². The summed E-state index contributed by atoms with van der Waals surface area (Å²) in [5.74, 6) is 1.46. The summed E-state index contributed by atoms with van der Waals surface area (Å²) >= 11 is 0. The van der Waals surface area contributed by atoms with Crippen LogP contribution >= 0.6 is 21.6 Å². The zero-order valence-electron chi connectivity index (χ0n) is 15.1. The third-order valence-electron chi connectivity index (χ3n) is 3.36. The normalized spacial score (nSPS) is 10.6. The van der Waals surface area contributed by atoms with Crippen molar-refractivity contribution in [1.29, 1.82) is 0 Å². The van der Waals surface area contributed by atoms with Gasteiger partial charge in [0.25, 0.3) is 5.69 Å². The van der Waals surface area contributed by atoms with Gasteiger partial charge >= 0.3 is 6.16 Å². The van der Waals surface area contributed by atoms with Crippen molar-refractivity contribution in [3.05, 3.63) is 64.2 Å². The maximum atomic E-state index is 11.6. The van der Waals surface area contributed by atoms with Gasteiger partial charge in [-0.25, -0.2) is 4.79 Å². The number of nitro groups is 1. The van der Waals surface area contributed by atoms with Crippen molar-refractivity contribution in [1.82, 2.24) is 0 Å². The van der Waals surface area contributed by atoms with Crippen LogP contribution in [-0.4, -0.2) is 23.4 Å². The molecule has 2 aromatic carbocycles. The Bertz CT molecular complexity index is 748. The second-order valence-electron chi connectivity index (χ2n) is 6.10. The van der Waals surface area contributed by atoms with Crippen LogP contribution in [0, 0.1) is 16.0 Å². The largest absolute Gasteiger partial charge is 0.513 e. The molecule has 0 radical (unpaired) electrons. The zero-order chi connectivity index (χ0) is 19.6. The van der Waals surface area contributed by atoms with Gasteiger partial charge in [0.15, 0.2) is 0 Å². The van der Waals surface area contributed by atoms with Gasteiger partial charge < -0.3 is 9.47 Å². The molecule has 0 saturated carbocycles. The van der Waals surface area contributed by atoms with E-state index in [9.17, 15) is 14.9 Å². The summed E-state index contributed by atoms with van der Waals surface area (Å²) in [5.41, 5.74) is 1.26. The molecule has 0 aromatic heterocycles. The summed E-state index contributed by atoms with van der Waals surface area (Å²) < 4.78 is 9.95. The van der Waals surface area contributed by atoms with E-state index in [4.69, 9.17) is 9.47 Å². The van der Waals surface area contributed by atoms with E-state index in [1.165, 1.54) is 29.8 Å². The third kappa shape index (κ3) is 7.92. The molecular formula is C19H21NO5S2. The molecular weight excluding hydrogens is 386 g/mol. The highest BCUT2D eigenvalue weighted by Gasteiger charge is 2.09. The molecule has 0 fully saturated rings. The van der Waals surface area contributed by atoms with E-state index < -0.39 is 11.1 Å². The molecule has 0 amide bonds. The number of carbonyl (C=O) groups excluding carboxylic acids is 1. The number of hydrogen-bond acceptors (Lipinski definition) is 7. The van der Waals surface area contributed by atoms with Crippen molar-refractivity contribution >= 4 is 33.4 Å². The van der Waals surface area contributed by atoms with Crippen LogP contribution in [0.1, 0.15) is 19.4 Å². The summed E-state index contributed by atoms with van der Waals surface area (Å²) in [4.78, 5) is 22.8. The Morgan fingerprint density at radius 2 is 1.78 bits per heavy atom. The number of benzene rings is 2. The number of rotatable bonds is 9. The van der Waals surface area contributed by atoms with Crippen molar-refractivity contribution in [2.45, 2.75) is 25.2 Å². The number of ether oxygens (including phenoxy) is 2. The fraction of sp³-hybridized carbons (Fsp3) is 0.316. The quantitative estimate of drug-likeness (QED) is 0.131. The minimum Gasteiger partial charge on any atom is -0.433 e. The standard InChI is InChI=1S/C19H21NO5S2/c1-14(2)13-15-3-9-18(10-4-15)27-26-12-11-24-19(21)25-17-7-5-16(6-8-17)20(22)23/h3-10,14H,11-13H2,1-2H3. The van der Waals surface area contributed by atoms with Crippen LogP contribution in [0.5, 0.6) is 5.75 Å². The molecule has 0 heterocycles. The number of hydrogen-bond donors (Lipinski definition) is 0. The lowest BCUT2D eigenvalue weighted by Crippen LogP contribution is -2.12. The highest BCUT2D eigenvalue weighted by Crippen LogP contribution is 2.31. The molecule has 0 aliphatic carbocycles. The van der Waals surface area contributed by atoms with Crippen molar-refractivity contribution in [2.75, 3.05) is 12.4 Å². The molecule has 8 heteroatoms. The molecule has 0 saturated heterocycles. The van der Waals surface area contributed by atoms with Crippen LogP contribution in [0.2, 0.25) is 0 Å². The van der Waals surface area contributed by atoms with Crippen LogP contribution < -0.4 is 4.74 Å². The van der Waals surface area contributed by atoms with Gasteiger partial charge in [-0.1, -0.05) is 47.6 Å². The van der Waals surface area contributed by atoms with Gasteiger partial charge in [0.05, 0.1) is 4.92 Å². The van der Waals surface area contributed by atoms with E-state index in [-0.39, 0.29) is 18.0 Å². The molecule has 0 aliphatic rings. The first-order valence-electron chi connectivity index (χ1n) is 8.41. The van der Waals surface area contributed by atoms with E-state index in [2.05, 4.69) is 38.1 Å². The van der Waals surface area contributed by atoms with E-state index in [0.717, 1.165) is 11.3 Å². The first-order chi connectivity index (χ1) is 12.9. The number of nitrogens with zero attached hydrogens (tertiary/aromatic N) is 1. The Morgan fingerprint density at radius 3 is 2.37 bits per heavy atom. The van der Waals surface area contributed by atoms with Gasteiger partial charge in [0.2, 0.25) is 0 Å². The highest BCUT2D eigenvalue weighted by molar-refractivity contribution is 8.76. The molecule has 2 aromatic rings. The Morgan fingerprint density at radius 1 is 1.11 bits per heavy atom. The van der Waals surface area contributed by atoms with Gasteiger partial charge in [-0.3, -0.25) is 10.1 Å². The van der Waals surface area contributed by atoms with Crippen LogP contribution in [0.4, 0.5) is 10.5 Å². The number of carbonyl (C=O) groups is 1. The minimum atomic E-state index is -0.826. The van der Waals surface area contributed by atoms with Gasteiger partial charge in [-0.15, -0.1) is 0 Å². The maximum Gasteiger partial charge on any atom is 0.513 e. The molecule has 0 unspecified atom stereocenters. The monoisotopic (exact) mass is 407 g/mol. The smallest absolute Gasteiger partial charge is 0.433 e. The predicted octanol–water partition coefficient (Wildman–Crippen LogP) is 5.75. The molecule has 0 spiro atoms. The fourth-order valence-electron chi connectivity index (χ4n) is 2.18. The lowest BCUT2D eigenvalue weighted by Gasteiger charge is -2.07. The molecule has 6 nitrogen and oxygen atoms in total. The predicted molar refractivity (Wildman–Crippen MR) is 108 cm³/mol. The highest BCUT2D eigenvalue weighted by atomic mass is 33.1. The van der Waals surface area contributed by atoms with Gasteiger partial charge in [0, 0.05) is 22.8 Å². The molecule has 2 rings (SSSR count). The topological polar surface area (TPSA) is 78.7 Å². The molecule has 27 heavy (non-hydrogen) atoms. The van der Waals surface area contributed by atoms with E-state index in [0.29, 0.717) is 11.7 Å². The first-order valence-corrected chi connectivity index (χ1v) is 10.7. The summed E-state index contributed by atoms with van der Waals surface area (Å²) in [6.07, 6.45) is 0.246. The molecule has 0 bridgehead atoms. The van der Waals surface area contributed by atoms with Crippen LogP contribution in [0.3, 0.4) is 0 Å². The second-order valence-corrected chi connectivity index (χ2v) is 8.59. The van der Waals surface area contributed by atoms with Crippen molar-refractivity contribution in [3.8, 4) is 5.75 Å². The van der Waals surface area contributed by atoms with E-state index in [1.807, 2.05) is 0 Å². The van der Waals surface area contributed by atoms with E-state index >= 15 is 0 Å². The molecule has 0 aliphatic heterocycles. The fourth-order valence-corrected chi connectivity index (χ4v) is 4.00. The van der Waals surface area contributed by atoms with Gasteiger partial charge in [-0.2, -0.15) is 0 Å². The number of nitro benzene ring substituents is 1. The summed E-state index contributed by atoms with van der Waals surface area (Å²) in [6, 6.07) is 13.7. The molecule has 0 atom stereocenters. The second kappa shape index (κ2) is 10.8. The average molecular weight is 408 g/mol. The molecule has 0 N–H and O–H groups in total. The zero-order valence-corrected chi connectivity index (χ0v) is 16.8. The lowest BCUT2D eigenvalue weighted by atomic mass is 10.0. The maximum absolute atomic E-state index is 11.6. The minimum absolute atomic E-state index is 0.0682. The summed E-state index contributed by atoms with van der Waals surface area (Å²) in [6.45, 7) is 4.62. The summed E-state index contributed by atoms with van der Waals surface area (Å²) in [5, 5.41) is 10.6. The van der Waals surface area contributed by atoms with Crippen molar-refractivity contribution in [3.63, 3.8) is 0 Å². The Hall–Kier alpha value is -2.19. The third-order valence-corrected chi connectivity index (χ3v) is 5.70. The summed E-state index contributed by atoms with van der Waals surface area (Å²) in [7, 11) is 3.22. The Kier molecular flexibility index (Phi) is 8.47. The Balaban J connectivity index is 1.63. The van der Waals surface area contributed by atoms with Crippen LogP contribution in [-0.2, 0) is 11.2 Å². The number of non-ortho nitro benzene ring substituents is 1. The molecule has 144 valence electrons. The van der Waals surface area contributed by atoms with Crippen LogP contribution in [0.25, 0.3) is 0 Å². The average Bonchev–Trinajstić information content (AvgIpc) is 2.63. The SMILES string of the molecule is CC(C)Cc1ccc(SSCCOC(=O)Oc2ccc([N+](=O)[O-])cc2)cc1. The Labute approximate surface area is 166 Å². The van der Waals surface area contributed by atoms with Gasteiger partial charge in [-0.05, 0) is 42.2 Å². The van der Waals surface area contributed by atoms with Gasteiger partial charge in [0.1, 0.15) is 12.4 Å². The van der Waals surface area contributed by atoms with Crippen molar-refractivity contribution in [2.24, 2.45) is 5.92 Å². The van der Waals surface area contributed by atoms with E-state index in [1.54, 1.807) is 21.6 Å². The first kappa shape index (κ1) is 21.1. The van der Waals surface area contributed by atoms with Crippen LogP contribution in [0.15, 0.2) is 53.4 Å². The lowest BCUT2D eigenvalue weighted by molar-refractivity contribution is -0.384.